The van der Waals surface area contributed by atoms with E-state index in [0.717, 1.165) is 48.2 Å². The van der Waals surface area contributed by atoms with Crippen LogP contribution in [0.2, 0.25) is 0 Å². The fourth-order valence-electron chi connectivity index (χ4n) is 5.44. The molecule has 5 rings (SSSR count). The summed E-state index contributed by atoms with van der Waals surface area (Å²) in [5, 5.41) is 5.04. The molecule has 1 saturated heterocycles. The van der Waals surface area contributed by atoms with Gasteiger partial charge in [0.2, 0.25) is 5.90 Å². The van der Waals surface area contributed by atoms with Gasteiger partial charge in [0, 0.05) is 37.7 Å². The van der Waals surface area contributed by atoms with E-state index in [2.05, 4.69) is 51.9 Å². The quantitative estimate of drug-likeness (QED) is 0.693. The van der Waals surface area contributed by atoms with Gasteiger partial charge >= 0.3 is 0 Å². The number of hydroxylamine groups is 1. The third-order valence-corrected chi connectivity index (χ3v) is 7.35. The fourth-order valence-corrected chi connectivity index (χ4v) is 5.44. The lowest BCUT2D eigenvalue weighted by Crippen LogP contribution is -2.56. The number of pyridine rings is 1. The van der Waals surface area contributed by atoms with Crippen LogP contribution in [0.15, 0.2) is 29.3 Å². The van der Waals surface area contributed by atoms with Crippen molar-refractivity contribution in [3.63, 3.8) is 0 Å². The lowest BCUT2D eigenvalue weighted by atomic mass is 9.92. The second-order valence-corrected chi connectivity index (χ2v) is 9.69. The number of fused-ring (bicyclic) bond motifs is 1. The fraction of sp³-hybridized carbons (Fsp3) is 0.615. The van der Waals surface area contributed by atoms with E-state index in [0.29, 0.717) is 18.0 Å². The number of nitrogens with zero attached hydrogens (tertiary/aromatic N) is 3. The first-order chi connectivity index (χ1) is 16.1. The number of aryl methyl sites for hydroxylation is 1. The van der Waals surface area contributed by atoms with E-state index in [-0.39, 0.29) is 12.3 Å². The minimum absolute atomic E-state index is 0.0670. The van der Waals surface area contributed by atoms with E-state index in [4.69, 9.17) is 14.6 Å². The molecule has 1 aromatic heterocycles. The summed E-state index contributed by atoms with van der Waals surface area (Å²) in [4.78, 5) is 17.9. The Morgan fingerprint density at radius 3 is 2.76 bits per heavy atom. The summed E-state index contributed by atoms with van der Waals surface area (Å²) < 4.78 is 5.99. The predicted molar refractivity (Wildman–Crippen MR) is 133 cm³/mol. The van der Waals surface area contributed by atoms with Crippen molar-refractivity contribution in [1.29, 1.82) is 0 Å². The van der Waals surface area contributed by atoms with Crippen molar-refractivity contribution in [2.24, 2.45) is 4.99 Å². The SMILES string of the molecule is CCc1ccc2nc(N3CCC(NC4CCCCC4)C(OC)C3)c(C3=NC(C)NO3)cc2c1. The highest BCUT2D eigenvalue weighted by atomic mass is 16.7. The predicted octanol–water partition coefficient (Wildman–Crippen LogP) is 3.94. The van der Waals surface area contributed by atoms with Crippen LogP contribution in [-0.2, 0) is 16.0 Å². The van der Waals surface area contributed by atoms with Crippen LogP contribution in [-0.4, -0.2) is 55.4 Å². The molecule has 7 nitrogen and oxygen atoms in total. The Bertz CT molecular complexity index is 1000. The molecular formula is C26H37N5O2. The molecule has 1 aromatic carbocycles. The van der Waals surface area contributed by atoms with Crippen LogP contribution in [0.25, 0.3) is 10.9 Å². The average Bonchev–Trinajstić information content (AvgIpc) is 3.29. The summed E-state index contributed by atoms with van der Waals surface area (Å²) in [5.74, 6) is 1.55. The van der Waals surface area contributed by atoms with Crippen LogP contribution in [0.3, 0.4) is 0 Å². The number of aromatic nitrogens is 1. The maximum Gasteiger partial charge on any atom is 0.246 e. The molecule has 3 heterocycles. The van der Waals surface area contributed by atoms with Gasteiger partial charge in [-0.15, -0.1) is 5.48 Å². The van der Waals surface area contributed by atoms with E-state index in [1.165, 1.54) is 37.7 Å². The maximum absolute atomic E-state index is 5.99. The van der Waals surface area contributed by atoms with Crippen molar-refractivity contribution in [2.75, 3.05) is 25.1 Å². The highest BCUT2D eigenvalue weighted by molar-refractivity contribution is 6.03. The van der Waals surface area contributed by atoms with Gasteiger partial charge in [0.15, 0.2) is 0 Å². The Balaban J connectivity index is 1.43. The summed E-state index contributed by atoms with van der Waals surface area (Å²) in [6, 6.07) is 9.72. The molecule has 1 aliphatic carbocycles. The maximum atomic E-state index is 5.99. The molecule has 3 atom stereocenters. The largest absolute Gasteiger partial charge is 0.386 e. The number of nitrogens with one attached hydrogen (secondary N) is 2. The number of hydrogen-bond acceptors (Lipinski definition) is 7. The van der Waals surface area contributed by atoms with Crippen molar-refractivity contribution >= 4 is 22.6 Å². The van der Waals surface area contributed by atoms with E-state index in [1.54, 1.807) is 0 Å². The zero-order chi connectivity index (χ0) is 22.8. The molecule has 2 fully saturated rings. The molecular weight excluding hydrogens is 414 g/mol. The first-order valence-corrected chi connectivity index (χ1v) is 12.6. The number of hydrogen-bond donors (Lipinski definition) is 2. The van der Waals surface area contributed by atoms with Gasteiger partial charge in [-0.25, -0.2) is 9.98 Å². The topological polar surface area (TPSA) is 71.0 Å². The molecule has 1 saturated carbocycles. The Morgan fingerprint density at radius 2 is 2.03 bits per heavy atom. The van der Waals surface area contributed by atoms with E-state index in [1.807, 2.05) is 14.0 Å². The molecule has 3 aliphatic rings. The summed E-state index contributed by atoms with van der Waals surface area (Å²) in [6.45, 7) is 5.89. The van der Waals surface area contributed by atoms with Crippen LogP contribution in [0.5, 0.6) is 0 Å². The van der Waals surface area contributed by atoms with E-state index < -0.39 is 0 Å². The molecule has 7 heteroatoms. The van der Waals surface area contributed by atoms with E-state index >= 15 is 0 Å². The standard InChI is InChI=1S/C26H37N5O2/c1-4-18-10-11-22-19(14-18)15-21(26-27-17(2)30-33-26)25(29-22)31-13-12-23(24(16-31)32-3)28-20-8-6-5-7-9-20/h10-11,14-15,17,20,23-24,28,30H,4-9,12-13,16H2,1-3H3. The molecule has 0 spiro atoms. The minimum atomic E-state index is -0.0670. The minimum Gasteiger partial charge on any atom is -0.386 e. The smallest absolute Gasteiger partial charge is 0.246 e. The lowest BCUT2D eigenvalue weighted by Gasteiger charge is -2.41. The van der Waals surface area contributed by atoms with Crippen LogP contribution in [0, 0.1) is 0 Å². The van der Waals surface area contributed by atoms with Gasteiger partial charge in [0.05, 0.1) is 17.2 Å². The lowest BCUT2D eigenvalue weighted by molar-refractivity contribution is 0.0534. The van der Waals surface area contributed by atoms with E-state index in [9.17, 15) is 0 Å². The molecule has 178 valence electrons. The van der Waals surface area contributed by atoms with Crippen LogP contribution < -0.4 is 15.7 Å². The van der Waals surface area contributed by atoms with Gasteiger partial charge in [0.1, 0.15) is 12.0 Å². The first kappa shape index (κ1) is 22.6. The number of benzene rings is 1. The van der Waals surface area contributed by atoms with Crippen molar-refractivity contribution in [3.8, 4) is 0 Å². The summed E-state index contributed by atoms with van der Waals surface area (Å²) in [5.41, 5.74) is 6.21. The van der Waals surface area contributed by atoms with Gasteiger partial charge in [-0.1, -0.05) is 32.3 Å². The number of ether oxygens (including phenoxy) is 1. The monoisotopic (exact) mass is 451 g/mol. The van der Waals surface area contributed by atoms with Crippen molar-refractivity contribution in [1.82, 2.24) is 15.8 Å². The third kappa shape index (κ3) is 4.86. The molecule has 0 amide bonds. The zero-order valence-corrected chi connectivity index (χ0v) is 20.1. The number of methoxy groups -OCH3 is 1. The highest BCUT2D eigenvalue weighted by Crippen LogP contribution is 2.30. The van der Waals surface area contributed by atoms with Crippen LogP contribution in [0.1, 0.15) is 63.5 Å². The molecule has 2 aliphatic heterocycles. The molecule has 0 radical (unpaired) electrons. The van der Waals surface area contributed by atoms with Crippen molar-refractivity contribution in [2.45, 2.75) is 83.1 Å². The molecule has 3 unspecified atom stereocenters. The van der Waals surface area contributed by atoms with Gasteiger partial charge in [0.25, 0.3) is 0 Å². The first-order valence-electron chi connectivity index (χ1n) is 12.6. The van der Waals surface area contributed by atoms with Gasteiger partial charge in [-0.05, 0) is 56.4 Å². The van der Waals surface area contributed by atoms with Gasteiger partial charge in [-0.3, -0.25) is 0 Å². The van der Waals surface area contributed by atoms with Crippen LogP contribution in [0.4, 0.5) is 5.82 Å². The molecule has 2 N–H and O–H groups in total. The summed E-state index contributed by atoms with van der Waals surface area (Å²) in [7, 11) is 1.83. The van der Waals surface area contributed by atoms with Crippen molar-refractivity contribution in [3.05, 3.63) is 35.4 Å². The second-order valence-electron chi connectivity index (χ2n) is 9.69. The third-order valence-electron chi connectivity index (χ3n) is 7.35. The average molecular weight is 452 g/mol. The normalized spacial score (nSPS) is 26.5. The molecule has 33 heavy (non-hydrogen) atoms. The molecule has 2 aromatic rings. The van der Waals surface area contributed by atoms with Gasteiger partial charge in [-0.2, -0.15) is 0 Å². The Kier molecular flexibility index (Phi) is 6.81. The second kappa shape index (κ2) is 9.95. The summed E-state index contributed by atoms with van der Waals surface area (Å²) >= 11 is 0. The van der Waals surface area contributed by atoms with Gasteiger partial charge < -0.3 is 19.8 Å². The zero-order valence-electron chi connectivity index (χ0n) is 20.1. The number of aliphatic imine (C=N–C) groups is 1. The Morgan fingerprint density at radius 1 is 1.18 bits per heavy atom. The Labute approximate surface area is 196 Å². The van der Waals surface area contributed by atoms with Crippen LogP contribution >= 0.6 is 0 Å². The number of piperidine rings is 1. The Hall–Kier alpha value is -2.22. The number of rotatable bonds is 6. The van der Waals surface area contributed by atoms with Crippen molar-refractivity contribution < 1.29 is 9.57 Å². The molecule has 0 bridgehead atoms. The number of anilines is 1. The highest BCUT2D eigenvalue weighted by Gasteiger charge is 2.34. The summed E-state index contributed by atoms with van der Waals surface area (Å²) in [6.07, 6.45) is 8.72.